The van der Waals surface area contributed by atoms with Gasteiger partial charge in [0.05, 0.1) is 46.9 Å². The molecule has 4 aromatic rings. The maximum atomic E-state index is 13.6. The lowest BCUT2D eigenvalue weighted by molar-refractivity contribution is -0.136. The van der Waals surface area contributed by atoms with Crippen molar-refractivity contribution in [3.05, 3.63) is 94.7 Å². The van der Waals surface area contributed by atoms with Crippen molar-refractivity contribution >= 4 is 40.4 Å². The molecule has 1 saturated heterocycles. The van der Waals surface area contributed by atoms with E-state index in [1.807, 2.05) is 12.1 Å². The van der Waals surface area contributed by atoms with E-state index in [1.165, 1.54) is 12.1 Å². The van der Waals surface area contributed by atoms with E-state index in [9.17, 15) is 29.2 Å². The van der Waals surface area contributed by atoms with Crippen LogP contribution in [0.2, 0.25) is 0 Å². The highest BCUT2D eigenvalue weighted by molar-refractivity contribution is 6.23. The lowest BCUT2D eigenvalue weighted by atomic mass is 9.45. The highest BCUT2D eigenvalue weighted by atomic mass is 16.5. The second-order valence-corrected chi connectivity index (χ2v) is 15.5. The van der Waals surface area contributed by atoms with Gasteiger partial charge < -0.3 is 24.3 Å². The van der Waals surface area contributed by atoms with Crippen molar-refractivity contribution in [2.24, 2.45) is 5.41 Å². The van der Waals surface area contributed by atoms with Gasteiger partial charge in [-0.05, 0) is 79.6 Å². The highest BCUT2D eigenvalue weighted by Gasteiger charge is 2.69. The predicted molar refractivity (Wildman–Crippen MR) is 204 cm³/mol. The van der Waals surface area contributed by atoms with E-state index in [2.05, 4.69) is 42.5 Å². The standard InChI is InChI=1S/C43H41N5O9/c1-42(2)40(43(3)30-16-17-45-35-25(23-44)8-14-32(34(30)35)57-41(42)43)47-36(50)24-6-9-26(10-7-24)55-20-4-18-54-19-5-21-56-27-11-12-28-29(22-27)39(53)48(38(28)52)31-13-15-33(49)46-37(31)51/h6-12,14,16-17,22,31,40-41H,4-5,13,15,18-21H2,1-3H3,(H,47,50)(H,46,49,51)/t31?,40?,41-,43?/m0/s1. The van der Waals surface area contributed by atoms with E-state index < -0.39 is 35.1 Å². The summed E-state index contributed by atoms with van der Waals surface area (Å²) in [6.45, 7) is 7.95. The molecule has 4 heterocycles. The van der Waals surface area contributed by atoms with Gasteiger partial charge in [0.25, 0.3) is 17.7 Å². The Bertz CT molecular complexity index is 2370. The van der Waals surface area contributed by atoms with E-state index >= 15 is 0 Å². The maximum Gasteiger partial charge on any atom is 0.262 e. The van der Waals surface area contributed by atoms with Crippen molar-refractivity contribution in [2.45, 2.75) is 70.1 Å². The number of carbonyl (C=O) groups is 5. The Kier molecular flexibility index (Phi) is 9.65. The summed E-state index contributed by atoms with van der Waals surface area (Å²) in [4.78, 5) is 68.7. The van der Waals surface area contributed by atoms with Gasteiger partial charge in [-0.25, -0.2) is 0 Å². The number of ether oxygens (including phenoxy) is 4. The number of hydrogen-bond acceptors (Lipinski definition) is 11. The van der Waals surface area contributed by atoms with Crippen LogP contribution in [0.25, 0.3) is 10.9 Å². The molecule has 292 valence electrons. The van der Waals surface area contributed by atoms with E-state index in [0.29, 0.717) is 73.2 Å². The van der Waals surface area contributed by atoms with Crippen LogP contribution in [0, 0.1) is 16.7 Å². The van der Waals surface area contributed by atoms with Crippen LogP contribution in [0.3, 0.4) is 0 Å². The van der Waals surface area contributed by atoms with Crippen LogP contribution in [-0.4, -0.2) is 84.0 Å². The molecule has 14 nitrogen and oxygen atoms in total. The minimum atomic E-state index is -1.02. The molecule has 4 atom stereocenters. The number of aromatic nitrogens is 1. The Morgan fingerprint density at radius 3 is 2.35 bits per heavy atom. The van der Waals surface area contributed by atoms with Gasteiger partial charge in [0.15, 0.2) is 0 Å². The number of nitrogens with one attached hydrogen (secondary N) is 2. The molecule has 2 fully saturated rings. The third kappa shape index (κ3) is 6.41. The summed E-state index contributed by atoms with van der Waals surface area (Å²) in [5, 5.41) is 16.0. The van der Waals surface area contributed by atoms with Gasteiger partial charge in [-0.3, -0.25) is 39.2 Å². The molecule has 1 aromatic heterocycles. The van der Waals surface area contributed by atoms with Crippen molar-refractivity contribution in [3.63, 3.8) is 0 Å². The van der Waals surface area contributed by atoms with Crippen LogP contribution in [0.4, 0.5) is 0 Å². The average Bonchev–Trinajstić information content (AvgIpc) is 3.45. The summed E-state index contributed by atoms with van der Waals surface area (Å²) < 4.78 is 23.9. The number of rotatable bonds is 13. The number of nitriles is 1. The van der Waals surface area contributed by atoms with E-state index in [4.69, 9.17) is 18.9 Å². The Morgan fingerprint density at radius 2 is 1.63 bits per heavy atom. The third-order valence-corrected chi connectivity index (χ3v) is 11.6. The first-order valence-corrected chi connectivity index (χ1v) is 19.0. The minimum Gasteiger partial charge on any atom is -0.494 e. The van der Waals surface area contributed by atoms with E-state index in [-0.39, 0.29) is 47.4 Å². The van der Waals surface area contributed by atoms with Crippen molar-refractivity contribution in [1.29, 1.82) is 5.26 Å². The monoisotopic (exact) mass is 771 g/mol. The third-order valence-electron chi connectivity index (χ3n) is 11.6. The van der Waals surface area contributed by atoms with Gasteiger partial charge in [0.1, 0.15) is 35.5 Å². The average molecular weight is 772 g/mol. The summed E-state index contributed by atoms with van der Waals surface area (Å²) in [6, 6.07) is 18.2. The first-order chi connectivity index (χ1) is 27.4. The topological polar surface area (TPSA) is 186 Å². The van der Waals surface area contributed by atoms with Crippen LogP contribution in [0.1, 0.15) is 88.7 Å². The normalized spacial score (nSPS) is 22.8. The first-order valence-electron chi connectivity index (χ1n) is 19.0. The Hall–Kier alpha value is -6.33. The van der Waals surface area contributed by atoms with Gasteiger partial charge >= 0.3 is 0 Å². The molecule has 1 saturated carbocycles. The summed E-state index contributed by atoms with van der Waals surface area (Å²) in [7, 11) is 0. The summed E-state index contributed by atoms with van der Waals surface area (Å²) in [5.41, 5.74) is 2.06. The Balaban J connectivity index is 0.762. The smallest absolute Gasteiger partial charge is 0.262 e. The van der Waals surface area contributed by atoms with Crippen LogP contribution in [0.5, 0.6) is 17.2 Å². The molecule has 0 radical (unpaired) electrons. The van der Waals surface area contributed by atoms with Gasteiger partial charge in [-0.15, -0.1) is 0 Å². The molecule has 5 amide bonds. The zero-order valence-electron chi connectivity index (χ0n) is 31.8. The van der Waals surface area contributed by atoms with Crippen molar-refractivity contribution in [3.8, 4) is 23.3 Å². The van der Waals surface area contributed by atoms with E-state index in [0.717, 1.165) is 15.8 Å². The summed E-state index contributed by atoms with van der Waals surface area (Å²) >= 11 is 0. The predicted octanol–water partition coefficient (Wildman–Crippen LogP) is 4.62. The fraction of sp³-hybridized carbons (Fsp3) is 0.372. The fourth-order valence-corrected chi connectivity index (χ4v) is 8.92. The van der Waals surface area contributed by atoms with Gasteiger partial charge in [-0.2, -0.15) is 5.26 Å². The molecular formula is C43H41N5O9. The summed E-state index contributed by atoms with van der Waals surface area (Å²) in [6.07, 6.45) is 2.92. The second-order valence-electron chi connectivity index (χ2n) is 15.5. The molecule has 0 bridgehead atoms. The zero-order valence-corrected chi connectivity index (χ0v) is 31.8. The SMILES string of the molecule is CC1(C)C(NC(=O)c2ccc(OCCCOCCCOc3ccc4c(c3)C(=O)N(C3CCC(=O)NC3=O)C4=O)cc2)C2(C)c3ccnc4c(C#N)ccc(c34)O[C@@H]12. The van der Waals surface area contributed by atoms with Crippen LogP contribution in [0.15, 0.2) is 66.9 Å². The fourth-order valence-electron chi connectivity index (χ4n) is 8.92. The van der Waals surface area contributed by atoms with Crippen molar-refractivity contribution in [1.82, 2.24) is 20.5 Å². The first kappa shape index (κ1) is 37.6. The maximum absolute atomic E-state index is 13.6. The molecule has 3 unspecified atom stereocenters. The zero-order chi connectivity index (χ0) is 40.1. The number of pyridine rings is 1. The number of hydrogen-bond donors (Lipinski definition) is 2. The number of imide groups is 2. The molecule has 0 spiro atoms. The molecule has 4 aliphatic rings. The Morgan fingerprint density at radius 1 is 0.930 bits per heavy atom. The quantitative estimate of drug-likeness (QED) is 0.143. The van der Waals surface area contributed by atoms with Gasteiger partial charge in [0, 0.05) is 55.0 Å². The number of nitrogens with zero attached hydrogens (tertiary/aromatic N) is 3. The number of benzene rings is 3. The number of amides is 5. The second kappa shape index (κ2) is 14.6. The molecular weight excluding hydrogens is 730 g/mol. The van der Waals surface area contributed by atoms with Crippen molar-refractivity contribution in [2.75, 3.05) is 26.4 Å². The molecule has 3 aromatic carbocycles. The summed E-state index contributed by atoms with van der Waals surface area (Å²) in [5.74, 6) is -0.665. The number of fused-ring (bicyclic) bond motifs is 3. The highest BCUT2D eigenvalue weighted by Crippen LogP contribution is 2.61. The largest absolute Gasteiger partial charge is 0.494 e. The lowest BCUT2D eigenvalue weighted by Gasteiger charge is -2.66. The lowest BCUT2D eigenvalue weighted by Crippen LogP contribution is -2.78. The van der Waals surface area contributed by atoms with Crippen LogP contribution in [-0.2, 0) is 19.7 Å². The Labute approximate surface area is 328 Å². The van der Waals surface area contributed by atoms with E-state index in [1.54, 1.807) is 42.6 Å². The van der Waals surface area contributed by atoms with Crippen LogP contribution >= 0.6 is 0 Å². The van der Waals surface area contributed by atoms with Gasteiger partial charge in [-0.1, -0.05) is 13.8 Å². The minimum absolute atomic E-state index is 0.0570. The molecule has 3 aliphatic heterocycles. The molecule has 8 rings (SSSR count). The van der Waals surface area contributed by atoms with Gasteiger partial charge in [0.2, 0.25) is 11.8 Å². The molecule has 14 heteroatoms. The molecule has 2 N–H and O–H groups in total. The van der Waals surface area contributed by atoms with Crippen LogP contribution < -0.4 is 24.8 Å². The molecule has 1 aliphatic carbocycles. The van der Waals surface area contributed by atoms with Crippen molar-refractivity contribution < 1.29 is 42.9 Å². The molecule has 57 heavy (non-hydrogen) atoms. The number of piperidine rings is 1. The number of carbonyl (C=O) groups excluding carboxylic acids is 5.